The molecule has 1 amide bonds. The average molecular weight is 394 g/mol. The van der Waals surface area contributed by atoms with Gasteiger partial charge in [-0.25, -0.2) is 8.78 Å². The molecule has 5 nitrogen and oxygen atoms in total. The number of carbonyl (C=O) groups is 1. The maximum absolute atomic E-state index is 14.6. The van der Waals surface area contributed by atoms with Crippen molar-refractivity contribution in [1.82, 2.24) is 4.90 Å². The zero-order valence-corrected chi connectivity index (χ0v) is 15.2. The van der Waals surface area contributed by atoms with Gasteiger partial charge in [-0.15, -0.1) is 0 Å². The van der Waals surface area contributed by atoms with E-state index in [1.807, 2.05) is 6.07 Å². The minimum atomic E-state index is -0.788. The SMILES string of the molecule is O=C1c2ccccc2NC(c2ccc(F)cc2F)N1Cc1ccc2c(c1)OCO2. The van der Waals surface area contributed by atoms with Crippen molar-refractivity contribution in [2.45, 2.75) is 12.7 Å². The highest BCUT2D eigenvalue weighted by atomic mass is 19.1. The summed E-state index contributed by atoms with van der Waals surface area (Å²) in [6, 6.07) is 15.8. The molecule has 0 spiro atoms. The lowest BCUT2D eigenvalue weighted by Crippen LogP contribution is -2.42. The topological polar surface area (TPSA) is 50.8 Å². The van der Waals surface area contributed by atoms with Crippen LogP contribution in [0.15, 0.2) is 60.7 Å². The molecule has 0 aliphatic carbocycles. The van der Waals surface area contributed by atoms with Crippen molar-refractivity contribution in [3.05, 3.63) is 89.0 Å². The molecule has 3 aromatic carbocycles. The fraction of sp³-hybridized carbons (Fsp3) is 0.136. The largest absolute Gasteiger partial charge is 0.454 e. The Bertz CT molecular complexity index is 1120. The lowest BCUT2D eigenvalue weighted by Gasteiger charge is -2.38. The molecule has 29 heavy (non-hydrogen) atoms. The standard InChI is InChI=1S/C22H16F2N2O3/c23-14-6-7-15(17(24)10-14)21-25-18-4-2-1-3-16(18)22(27)26(21)11-13-5-8-19-20(9-13)29-12-28-19/h1-10,21,25H,11-12H2. The third-order valence-electron chi connectivity index (χ3n) is 5.07. The van der Waals surface area contributed by atoms with Crippen LogP contribution in [0.25, 0.3) is 0 Å². The molecule has 7 heteroatoms. The smallest absolute Gasteiger partial charge is 0.258 e. The summed E-state index contributed by atoms with van der Waals surface area (Å²) < 4.78 is 38.8. The third-order valence-corrected chi connectivity index (χ3v) is 5.07. The van der Waals surface area contributed by atoms with E-state index in [0.717, 1.165) is 11.6 Å². The average Bonchev–Trinajstić information content (AvgIpc) is 3.18. The zero-order chi connectivity index (χ0) is 20.0. The summed E-state index contributed by atoms with van der Waals surface area (Å²) in [6.07, 6.45) is -0.788. The van der Waals surface area contributed by atoms with Crippen LogP contribution in [0, 0.1) is 11.6 Å². The Balaban J connectivity index is 1.56. The molecule has 1 unspecified atom stereocenters. The fourth-order valence-electron chi connectivity index (χ4n) is 3.66. The van der Waals surface area contributed by atoms with E-state index in [0.29, 0.717) is 22.7 Å². The number of para-hydroxylation sites is 1. The second kappa shape index (κ2) is 6.77. The van der Waals surface area contributed by atoms with E-state index < -0.39 is 17.8 Å². The Kier molecular flexibility index (Phi) is 4.08. The van der Waals surface area contributed by atoms with Gasteiger partial charge in [0, 0.05) is 23.9 Å². The van der Waals surface area contributed by atoms with Gasteiger partial charge >= 0.3 is 0 Å². The van der Waals surface area contributed by atoms with Crippen molar-refractivity contribution >= 4 is 11.6 Å². The highest BCUT2D eigenvalue weighted by molar-refractivity contribution is 6.01. The van der Waals surface area contributed by atoms with Crippen LogP contribution in [0.2, 0.25) is 0 Å². The summed E-state index contributed by atoms with van der Waals surface area (Å²) in [7, 11) is 0. The Morgan fingerprint density at radius 3 is 2.69 bits per heavy atom. The van der Waals surface area contributed by atoms with Crippen molar-refractivity contribution in [3.63, 3.8) is 0 Å². The molecular formula is C22H16F2N2O3. The molecule has 146 valence electrons. The Hall–Kier alpha value is -3.61. The third kappa shape index (κ3) is 3.04. The van der Waals surface area contributed by atoms with Crippen molar-refractivity contribution in [1.29, 1.82) is 0 Å². The fourth-order valence-corrected chi connectivity index (χ4v) is 3.66. The predicted octanol–water partition coefficient (Wildman–Crippen LogP) is 4.46. The number of carbonyl (C=O) groups excluding carboxylic acids is 1. The minimum absolute atomic E-state index is 0.153. The lowest BCUT2D eigenvalue weighted by molar-refractivity contribution is 0.0663. The number of nitrogens with one attached hydrogen (secondary N) is 1. The number of nitrogens with zero attached hydrogens (tertiary/aromatic N) is 1. The molecule has 5 rings (SSSR count). The molecule has 0 saturated carbocycles. The summed E-state index contributed by atoms with van der Waals surface area (Å²) in [5, 5.41) is 3.21. The van der Waals surface area contributed by atoms with Gasteiger partial charge in [0.1, 0.15) is 17.8 Å². The van der Waals surface area contributed by atoms with Crippen LogP contribution in [-0.2, 0) is 6.54 Å². The summed E-state index contributed by atoms with van der Waals surface area (Å²) in [5.41, 5.74) is 2.09. The number of halogens is 2. The predicted molar refractivity (Wildman–Crippen MR) is 102 cm³/mol. The highest BCUT2D eigenvalue weighted by Gasteiger charge is 2.34. The van der Waals surface area contributed by atoms with E-state index in [1.165, 1.54) is 17.0 Å². The van der Waals surface area contributed by atoms with Gasteiger partial charge in [-0.2, -0.15) is 0 Å². The lowest BCUT2D eigenvalue weighted by atomic mass is 10.0. The molecule has 0 fully saturated rings. The van der Waals surface area contributed by atoms with Gasteiger partial charge in [0.2, 0.25) is 6.79 Å². The van der Waals surface area contributed by atoms with Gasteiger partial charge in [0.25, 0.3) is 5.91 Å². The number of benzene rings is 3. The Morgan fingerprint density at radius 2 is 1.83 bits per heavy atom. The van der Waals surface area contributed by atoms with Crippen LogP contribution in [0.3, 0.4) is 0 Å². The Morgan fingerprint density at radius 1 is 1.00 bits per heavy atom. The summed E-state index contributed by atoms with van der Waals surface area (Å²) in [5.74, 6) is -0.389. The van der Waals surface area contributed by atoms with Gasteiger partial charge in [-0.1, -0.05) is 18.2 Å². The molecule has 0 saturated heterocycles. The van der Waals surface area contributed by atoms with Crippen LogP contribution in [0.1, 0.15) is 27.7 Å². The number of ether oxygens (including phenoxy) is 2. The van der Waals surface area contributed by atoms with Crippen molar-refractivity contribution < 1.29 is 23.0 Å². The first kappa shape index (κ1) is 17.5. The van der Waals surface area contributed by atoms with Crippen molar-refractivity contribution in [2.24, 2.45) is 0 Å². The normalized spacial score (nSPS) is 17.1. The number of fused-ring (bicyclic) bond motifs is 2. The maximum Gasteiger partial charge on any atom is 0.258 e. The van der Waals surface area contributed by atoms with Gasteiger partial charge < -0.3 is 19.7 Å². The van der Waals surface area contributed by atoms with Crippen molar-refractivity contribution in [2.75, 3.05) is 12.1 Å². The van der Waals surface area contributed by atoms with E-state index in [1.54, 1.807) is 36.4 Å². The first-order chi connectivity index (χ1) is 14.1. The maximum atomic E-state index is 14.6. The molecule has 0 bridgehead atoms. The molecule has 1 atom stereocenters. The highest BCUT2D eigenvalue weighted by Crippen LogP contribution is 2.37. The summed E-state index contributed by atoms with van der Waals surface area (Å²) in [4.78, 5) is 14.8. The van der Waals surface area contributed by atoms with Crippen LogP contribution in [-0.4, -0.2) is 17.6 Å². The minimum Gasteiger partial charge on any atom is -0.454 e. The van der Waals surface area contributed by atoms with Crippen LogP contribution in [0.5, 0.6) is 11.5 Å². The monoisotopic (exact) mass is 394 g/mol. The first-order valence-corrected chi connectivity index (χ1v) is 9.10. The van der Waals surface area contributed by atoms with Gasteiger partial charge in [0.15, 0.2) is 11.5 Å². The van der Waals surface area contributed by atoms with Crippen LogP contribution < -0.4 is 14.8 Å². The molecular weight excluding hydrogens is 378 g/mol. The molecule has 3 aromatic rings. The van der Waals surface area contributed by atoms with Gasteiger partial charge in [0.05, 0.1) is 5.56 Å². The zero-order valence-electron chi connectivity index (χ0n) is 15.2. The number of anilines is 1. The van der Waals surface area contributed by atoms with Gasteiger partial charge in [-0.05, 0) is 42.0 Å². The second-order valence-electron chi connectivity index (χ2n) is 6.88. The first-order valence-electron chi connectivity index (χ1n) is 9.10. The number of amides is 1. The molecule has 0 aromatic heterocycles. The number of rotatable bonds is 3. The molecule has 2 aliphatic heterocycles. The van der Waals surface area contributed by atoms with E-state index in [4.69, 9.17) is 9.47 Å². The molecule has 1 N–H and O–H groups in total. The quantitative estimate of drug-likeness (QED) is 0.713. The number of hydrogen-bond donors (Lipinski definition) is 1. The molecule has 0 radical (unpaired) electrons. The molecule has 2 heterocycles. The van der Waals surface area contributed by atoms with Crippen molar-refractivity contribution in [3.8, 4) is 11.5 Å². The van der Waals surface area contributed by atoms with E-state index >= 15 is 0 Å². The summed E-state index contributed by atoms with van der Waals surface area (Å²) in [6.45, 7) is 0.359. The molecule has 2 aliphatic rings. The van der Waals surface area contributed by atoms with E-state index in [-0.39, 0.29) is 24.8 Å². The number of hydrogen-bond acceptors (Lipinski definition) is 4. The van der Waals surface area contributed by atoms with E-state index in [9.17, 15) is 13.6 Å². The van der Waals surface area contributed by atoms with Crippen LogP contribution >= 0.6 is 0 Å². The Labute approximate surface area is 165 Å². The van der Waals surface area contributed by atoms with E-state index in [2.05, 4.69) is 5.32 Å². The van der Waals surface area contributed by atoms with Gasteiger partial charge in [-0.3, -0.25) is 4.79 Å². The van der Waals surface area contributed by atoms with Crippen LogP contribution in [0.4, 0.5) is 14.5 Å². The summed E-state index contributed by atoms with van der Waals surface area (Å²) >= 11 is 0. The second-order valence-corrected chi connectivity index (χ2v) is 6.88.